The standard InChI is InChI=1S/C26H32BrN4OP/c1-32-23-6-4-5-21(15-23)24-16-29-26(20-7-9-22(27)10-8-20)30-25(24)19-11-13-31(14-12-19)18-33(2,3)17-28/h4-10,15-16,19,26,29,33H,11-14,18H2,1-3H3. The van der Waals surface area contributed by atoms with Crippen LogP contribution in [-0.4, -0.2) is 50.4 Å². The molecule has 0 bridgehead atoms. The Morgan fingerprint density at radius 1 is 1.18 bits per heavy atom. The Balaban J connectivity index is 1.60. The summed E-state index contributed by atoms with van der Waals surface area (Å²) in [7, 11) is -0.0992. The topological polar surface area (TPSA) is 60.6 Å². The van der Waals surface area contributed by atoms with E-state index in [1.165, 1.54) is 5.71 Å². The van der Waals surface area contributed by atoms with Crippen molar-refractivity contribution in [3.05, 3.63) is 70.3 Å². The fraction of sp³-hybridized carbons (Fsp3) is 0.385. The number of aliphatic imine (C=N–C) groups is 1. The molecule has 0 aromatic heterocycles. The third-order valence-corrected chi connectivity index (χ3v) is 8.76. The number of piperidine rings is 1. The maximum atomic E-state index is 9.48. The van der Waals surface area contributed by atoms with Crippen LogP contribution in [0.1, 0.15) is 30.1 Å². The van der Waals surface area contributed by atoms with Crippen molar-refractivity contribution in [2.24, 2.45) is 10.9 Å². The number of allylic oxidation sites excluding steroid dienone is 1. The van der Waals surface area contributed by atoms with Crippen molar-refractivity contribution in [1.29, 1.82) is 5.26 Å². The van der Waals surface area contributed by atoms with Crippen molar-refractivity contribution in [2.45, 2.75) is 19.0 Å². The van der Waals surface area contributed by atoms with Crippen LogP contribution in [0, 0.1) is 17.0 Å². The molecule has 0 radical (unpaired) electrons. The average Bonchev–Trinajstić information content (AvgIpc) is 2.84. The number of nitrogens with one attached hydrogen (secondary N) is 1. The average molecular weight is 527 g/mol. The van der Waals surface area contributed by atoms with Crippen LogP contribution in [0.25, 0.3) is 5.57 Å². The van der Waals surface area contributed by atoms with Crippen molar-refractivity contribution in [3.8, 4) is 11.6 Å². The van der Waals surface area contributed by atoms with Crippen LogP contribution in [0.15, 0.2) is 64.2 Å². The van der Waals surface area contributed by atoms with E-state index in [9.17, 15) is 5.26 Å². The third-order valence-electron chi connectivity index (χ3n) is 6.39. The van der Waals surface area contributed by atoms with Gasteiger partial charge in [0.2, 0.25) is 0 Å². The number of hydrogen-bond donors (Lipinski definition) is 1. The van der Waals surface area contributed by atoms with Crippen molar-refractivity contribution in [1.82, 2.24) is 10.2 Å². The second-order valence-corrected chi connectivity index (χ2v) is 14.7. The first kappa shape index (κ1) is 24.0. The van der Waals surface area contributed by atoms with E-state index in [-0.39, 0.29) is 6.17 Å². The van der Waals surface area contributed by atoms with Gasteiger partial charge in [-0.05, 0) is 0 Å². The molecule has 1 atom stereocenters. The summed E-state index contributed by atoms with van der Waals surface area (Å²) in [4.78, 5) is 7.73. The molecule has 5 nitrogen and oxygen atoms in total. The Labute approximate surface area is 206 Å². The SMILES string of the molecule is COc1cccc(C2=CNC(c3ccc(Br)cc3)N=C2C2CCN(C[PH](C)(C)C#N)CC2)c1. The summed E-state index contributed by atoms with van der Waals surface area (Å²) in [6.07, 6.45) is 5.10. The molecule has 2 aliphatic rings. The molecular formula is C26H32BrN4OP. The molecule has 2 aliphatic heterocycles. The molecule has 1 unspecified atom stereocenters. The summed E-state index contributed by atoms with van der Waals surface area (Å²) in [5.41, 5.74) is 4.59. The first-order valence-corrected chi connectivity index (χ1v) is 15.5. The summed E-state index contributed by atoms with van der Waals surface area (Å²) in [5.74, 6) is 3.81. The van der Waals surface area contributed by atoms with Gasteiger partial charge in [-0.1, -0.05) is 15.9 Å². The van der Waals surface area contributed by atoms with Crippen LogP contribution in [0.5, 0.6) is 5.75 Å². The molecule has 7 heteroatoms. The molecule has 1 N–H and O–H groups in total. The van der Waals surface area contributed by atoms with Gasteiger partial charge in [0.1, 0.15) is 0 Å². The van der Waals surface area contributed by atoms with Gasteiger partial charge in [0, 0.05) is 0 Å². The van der Waals surface area contributed by atoms with Gasteiger partial charge in [-0.2, -0.15) is 0 Å². The first-order valence-electron chi connectivity index (χ1n) is 11.5. The van der Waals surface area contributed by atoms with Crippen LogP contribution in [0.4, 0.5) is 0 Å². The summed E-state index contributed by atoms with van der Waals surface area (Å²) < 4.78 is 6.54. The van der Waals surface area contributed by atoms with Gasteiger partial charge in [-0.25, -0.2) is 0 Å². The fourth-order valence-electron chi connectivity index (χ4n) is 4.60. The van der Waals surface area contributed by atoms with Crippen LogP contribution in [0.3, 0.4) is 0 Å². The predicted octanol–water partition coefficient (Wildman–Crippen LogP) is 5.70. The van der Waals surface area contributed by atoms with Crippen LogP contribution < -0.4 is 10.1 Å². The molecule has 1 saturated heterocycles. The summed E-state index contributed by atoms with van der Waals surface area (Å²) in [6, 6.07) is 16.6. The van der Waals surface area contributed by atoms with Crippen molar-refractivity contribution < 1.29 is 4.74 Å². The van der Waals surface area contributed by atoms with Gasteiger partial charge < -0.3 is 0 Å². The molecule has 4 rings (SSSR count). The Morgan fingerprint density at radius 2 is 1.91 bits per heavy atom. The Bertz CT molecular complexity index is 1080. The van der Waals surface area contributed by atoms with Gasteiger partial charge >= 0.3 is 190 Å². The van der Waals surface area contributed by atoms with E-state index in [0.29, 0.717) is 5.92 Å². The van der Waals surface area contributed by atoms with Crippen molar-refractivity contribution in [2.75, 3.05) is 39.8 Å². The quantitative estimate of drug-likeness (QED) is 0.490. The van der Waals surface area contributed by atoms with Crippen LogP contribution in [-0.2, 0) is 0 Å². The zero-order chi connectivity index (χ0) is 23.4. The second-order valence-electron chi connectivity index (χ2n) is 9.47. The number of halogens is 1. The molecule has 0 aliphatic carbocycles. The molecule has 0 saturated carbocycles. The molecule has 2 aromatic carbocycles. The number of rotatable bonds is 6. The van der Waals surface area contributed by atoms with E-state index in [1.807, 2.05) is 12.1 Å². The molecule has 1 fully saturated rings. The number of benzene rings is 2. The normalized spacial score (nSPS) is 20.3. The number of nitrogens with zero attached hydrogens (tertiary/aromatic N) is 3. The summed E-state index contributed by atoms with van der Waals surface area (Å²) in [6.45, 7) is 6.35. The number of nitriles is 1. The molecular weight excluding hydrogens is 495 g/mol. The van der Waals surface area contributed by atoms with Crippen LogP contribution >= 0.6 is 23.2 Å². The predicted molar refractivity (Wildman–Crippen MR) is 143 cm³/mol. The fourth-order valence-corrected chi connectivity index (χ4v) is 6.37. The van der Waals surface area contributed by atoms with Crippen molar-refractivity contribution in [3.63, 3.8) is 0 Å². The van der Waals surface area contributed by atoms with Gasteiger partial charge in [-0.3, -0.25) is 0 Å². The molecule has 2 heterocycles. The van der Waals surface area contributed by atoms with E-state index in [2.05, 4.69) is 87.9 Å². The minimum absolute atomic E-state index is 0.0922. The van der Waals surface area contributed by atoms with E-state index < -0.39 is 7.26 Å². The van der Waals surface area contributed by atoms with Crippen LogP contribution in [0.2, 0.25) is 0 Å². The summed E-state index contributed by atoms with van der Waals surface area (Å²) >= 11 is 3.53. The molecule has 33 heavy (non-hydrogen) atoms. The molecule has 0 amide bonds. The van der Waals surface area contributed by atoms with E-state index in [0.717, 1.165) is 59.1 Å². The van der Waals surface area contributed by atoms with E-state index >= 15 is 0 Å². The monoisotopic (exact) mass is 526 g/mol. The molecule has 2 aromatic rings. The first-order chi connectivity index (χ1) is 15.9. The minimum atomic E-state index is -1.80. The van der Waals surface area contributed by atoms with E-state index in [1.54, 1.807) is 7.11 Å². The Hall–Kier alpha value is -2.19. The van der Waals surface area contributed by atoms with Gasteiger partial charge in [0.15, 0.2) is 0 Å². The maximum absolute atomic E-state index is 9.48. The number of methoxy groups -OCH3 is 1. The Morgan fingerprint density at radius 3 is 2.58 bits per heavy atom. The van der Waals surface area contributed by atoms with Gasteiger partial charge in [0.05, 0.1) is 0 Å². The second kappa shape index (κ2) is 10.4. The number of hydrogen-bond acceptors (Lipinski definition) is 5. The van der Waals surface area contributed by atoms with Gasteiger partial charge in [-0.15, -0.1) is 0 Å². The summed E-state index contributed by atoms with van der Waals surface area (Å²) in [5, 5.41) is 13.0. The van der Waals surface area contributed by atoms with Gasteiger partial charge in [0.25, 0.3) is 0 Å². The third kappa shape index (κ3) is 5.84. The molecule has 174 valence electrons. The van der Waals surface area contributed by atoms with E-state index in [4.69, 9.17) is 9.73 Å². The zero-order valence-corrected chi connectivity index (χ0v) is 22.1. The van der Waals surface area contributed by atoms with Crippen molar-refractivity contribution >= 4 is 34.5 Å². The Kier molecular flexibility index (Phi) is 7.54. The number of likely N-dealkylation sites (tertiary alicyclic amines) is 1. The zero-order valence-electron chi connectivity index (χ0n) is 19.5. The molecule has 0 spiro atoms. The number of ether oxygens (including phenoxy) is 1.